The zero-order chi connectivity index (χ0) is 56.7. The number of hydrogen-bond donors (Lipinski definition) is 6. The van der Waals surface area contributed by atoms with Gasteiger partial charge in [0.1, 0.15) is 0 Å². The van der Waals surface area contributed by atoms with Crippen LogP contribution in [0.1, 0.15) is 235 Å². The fourth-order valence-electron chi connectivity index (χ4n) is 10.6. The molecule has 8 amide bonds. The molecule has 0 spiro atoms. The number of imide groups is 2. The summed E-state index contributed by atoms with van der Waals surface area (Å²) in [4.78, 5) is 116. The first-order valence-corrected chi connectivity index (χ1v) is 30.1. The maximum absolute atomic E-state index is 14.2. The van der Waals surface area contributed by atoms with Crippen LogP contribution in [-0.4, -0.2) is 144 Å². The molecule has 0 aromatic heterocycles. The molecule has 18 heteroatoms. The first kappa shape index (κ1) is 65.2. The summed E-state index contributed by atoms with van der Waals surface area (Å²) >= 11 is 0. The lowest BCUT2D eigenvalue weighted by atomic mass is 9.86. The Balaban J connectivity index is 1.40. The van der Waals surface area contributed by atoms with Crippen LogP contribution in [0.4, 0.5) is 0 Å². The summed E-state index contributed by atoms with van der Waals surface area (Å²) in [7, 11) is 0. The second-order valence-corrected chi connectivity index (χ2v) is 21.6. The molecule has 436 valence electrons. The molecule has 2 atom stereocenters. The molecule has 2 heterocycles. The number of nitrogens with two attached hydrogens (primary N) is 4. The largest absolute Gasteiger partial charge is 0.353 e. The molecule has 2 aliphatic heterocycles. The molecule has 2 unspecified atom stereocenters. The molecule has 0 aliphatic carbocycles. The van der Waals surface area contributed by atoms with Gasteiger partial charge in [-0.3, -0.25) is 48.2 Å². The molecule has 2 aromatic carbocycles. The minimum Gasteiger partial charge on any atom is -0.353 e. The molecule has 18 nitrogen and oxygen atoms in total. The predicted octanol–water partition coefficient (Wildman–Crippen LogP) is 7.46. The topological polar surface area (TPSA) is 278 Å². The van der Waals surface area contributed by atoms with E-state index in [9.17, 15) is 38.4 Å². The Labute approximate surface area is 465 Å². The maximum atomic E-state index is 14.2. The highest BCUT2D eigenvalue weighted by Gasteiger charge is 2.40. The summed E-state index contributed by atoms with van der Waals surface area (Å²) in [6.07, 6.45) is 27.4. The van der Waals surface area contributed by atoms with Crippen LogP contribution in [-0.2, 0) is 19.2 Å². The zero-order valence-corrected chi connectivity index (χ0v) is 47.7. The molecule has 4 rings (SSSR count). The average molecular weight is 1090 g/mol. The number of nitrogens with one attached hydrogen (secondary N) is 2. The fraction of sp³-hybridized carbons (Fsp3) is 0.700. The fourth-order valence-corrected chi connectivity index (χ4v) is 10.6. The maximum Gasteiger partial charge on any atom is 0.261 e. The Bertz CT molecular complexity index is 2110. The number of benzene rings is 2. The van der Waals surface area contributed by atoms with Crippen LogP contribution in [0.3, 0.4) is 0 Å². The standard InChI is InChI=1S/C60H98N10O8/c1-3-5-7-9-11-13-15-17-19-25-39-67(40-26-20-18-16-14-12-10-8-6-4-2)51(71)33-41-69-57(75)45-29-31-47-54-48(32-30-46(53(45)54)58(69)76)60(78)70(59(47)77)42-34-52(72)68(43-37-65-55(73)49(63)27-21-23-35-61)44-38-66-56(74)50(64)28-22-24-36-62/h29-32,49-50H,3-28,33-44,61-64H2,1-2H3,(H,65,73)(H,66,74). The quantitative estimate of drug-likeness (QED) is 0.0279. The second kappa shape index (κ2) is 36.8. The van der Waals surface area contributed by atoms with E-state index in [0.29, 0.717) is 51.9 Å². The predicted molar refractivity (Wildman–Crippen MR) is 309 cm³/mol. The van der Waals surface area contributed by atoms with Crippen LogP contribution < -0.4 is 33.6 Å². The smallest absolute Gasteiger partial charge is 0.261 e. The third kappa shape index (κ3) is 20.7. The van der Waals surface area contributed by atoms with Gasteiger partial charge in [-0.1, -0.05) is 142 Å². The second-order valence-electron chi connectivity index (χ2n) is 21.6. The third-order valence-electron chi connectivity index (χ3n) is 15.4. The van der Waals surface area contributed by atoms with Gasteiger partial charge >= 0.3 is 0 Å². The van der Waals surface area contributed by atoms with Gasteiger partial charge in [-0.05, 0) is 75.9 Å². The monoisotopic (exact) mass is 1090 g/mol. The number of rotatable bonds is 44. The molecule has 2 aromatic rings. The zero-order valence-electron chi connectivity index (χ0n) is 47.7. The Hall–Kier alpha value is -5.30. The number of unbranched alkanes of at least 4 members (excludes halogenated alkanes) is 20. The number of nitrogens with zero attached hydrogens (tertiary/aromatic N) is 4. The summed E-state index contributed by atoms with van der Waals surface area (Å²) in [6.45, 7) is 6.57. The Morgan fingerprint density at radius 3 is 1.04 bits per heavy atom. The van der Waals surface area contributed by atoms with Crippen molar-refractivity contribution in [2.75, 3.05) is 65.4 Å². The van der Waals surface area contributed by atoms with E-state index >= 15 is 0 Å². The van der Waals surface area contributed by atoms with Crippen LogP contribution in [0, 0.1) is 0 Å². The van der Waals surface area contributed by atoms with Crippen molar-refractivity contribution >= 4 is 58.0 Å². The molecule has 10 N–H and O–H groups in total. The van der Waals surface area contributed by atoms with Gasteiger partial charge in [0.05, 0.1) is 12.1 Å². The Morgan fingerprint density at radius 2 is 0.731 bits per heavy atom. The summed E-state index contributed by atoms with van der Waals surface area (Å²) in [5.74, 6) is -3.83. The minimum absolute atomic E-state index is 0.0133. The Morgan fingerprint density at radius 1 is 0.436 bits per heavy atom. The van der Waals surface area contributed by atoms with Gasteiger partial charge in [-0.25, -0.2) is 0 Å². The summed E-state index contributed by atoms with van der Waals surface area (Å²) in [5, 5.41) is 5.96. The lowest BCUT2D eigenvalue weighted by Crippen LogP contribution is -2.48. The highest BCUT2D eigenvalue weighted by atomic mass is 16.2. The van der Waals surface area contributed by atoms with E-state index in [4.69, 9.17) is 22.9 Å². The molecule has 0 saturated heterocycles. The van der Waals surface area contributed by atoms with Gasteiger partial charge in [0, 0.05) is 98.2 Å². The van der Waals surface area contributed by atoms with Crippen molar-refractivity contribution in [2.24, 2.45) is 22.9 Å². The molecule has 0 radical (unpaired) electrons. The van der Waals surface area contributed by atoms with Gasteiger partial charge in [-0.2, -0.15) is 0 Å². The van der Waals surface area contributed by atoms with E-state index < -0.39 is 41.6 Å². The van der Waals surface area contributed by atoms with Crippen LogP contribution in [0.15, 0.2) is 24.3 Å². The normalized spacial score (nSPS) is 13.8. The summed E-state index contributed by atoms with van der Waals surface area (Å²) < 4.78 is 0. The van der Waals surface area contributed by atoms with E-state index in [0.717, 1.165) is 61.2 Å². The third-order valence-corrected chi connectivity index (χ3v) is 15.4. The molecule has 0 fully saturated rings. The van der Waals surface area contributed by atoms with Crippen molar-refractivity contribution in [1.82, 2.24) is 30.2 Å². The number of carbonyl (C=O) groups is 8. The van der Waals surface area contributed by atoms with E-state index in [1.54, 1.807) is 0 Å². The highest BCUT2D eigenvalue weighted by Crippen LogP contribution is 2.38. The first-order chi connectivity index (χ1) is 37.8. The number of hydrogen-bond acceptors (Lipinski definition) is 12. The van der Waals surface area contributed by atoms with E-state index in [1.807, 2.05) is 4.90 Å². The molecule has 78 heavy (non-hydrogen) atoms. The van der Waals surface area contributed by atoms with Crippen molar-refractivity contribution in [2.45, 2.75) is 206 Å². The van der Waals surface area contributed by atoms with Crippen molar-refractivity contribution in [1.29, 1.82) is 0 Å². The lowest BCUT2D eigenvalue weighted by Gasteiger charge is -2.32. The number of amides is 8. The van der Waals surface area contributed by atoms with Crippen molar-refractivity contribution < 1.29 is 38.4 Å². The average Bonchev–Trinajstić information content (AvgIpc) is 3.63. The highest BCUT2D eigenvalue weighted by molar-refractivity contribution is 6.33. The molecule has 0 saturated carbocycles. The van der Waals surface area contributed by atoms with Crippen LogP contribution >= 0.6 is 0 Å². The van der Waals surface area contributed by atoms with Crippen LogP contribution in [0.5, 0.6) is 0 Å². The molecule has 0 bridgehead atoms. The summed E-state index contributed by atoms with van der Waals surface area (Å²) in [5.41, 5.74) is 23.8. The Kier molecular flexibility index (Phi) is 30.8. The van der Waals surface area contributed by atoms with E-state index in [1.165, 1.54) is 119 Å². The summed E-state index contributed by atoms with van der Waals surface area (Å²) in [6, 6.07) is 4.44. The van der Waals surface area contributed by atoms with Gasteiger partial charge in [-0.15, -0.1) is 0 Å². The SMILES string of the molecule is CCCCCCCCCCCCN(CCCCCCCCCCCC)C(=O)CCN1C(=O)c2ccc3c4c(ccc(c24)C1=O)C(=O)N(CCC(=O)N(CCNC(=O)C(N)CCCCN)CCNC(=O)C(N)CCCCN)C3=O. The molecule has 2 aliphatic rings. The van der Waals surface area contributed by atoms with Crippen molar-refractivity contribution in [3.05, 3.63) is 46.5 Å². The minimum atomic E-state index is -0.750. The van der Waals surface area contributed by atoms with Crippen LogP contribution in [0.2, 0.25) is 0 Å². The number of carbonyl (C=O) groups excluding carboxylic acids is 8. The van der Waals surface area contributed by atoms with Gasteiger partial charge < -0.3 is 43.4 Å². The van der Waals surface area contributed by atoms with E-state index in [-0.39, 0.29) is 103 Å². The first-order valence-electron chi connectivity index (χ1n) is 30.1. The van der Waals surface area contributed by atoms with Crippen LogP contribution in [0.25, 0.3) is 10.8 Å². The van der Waals surface area contributed by atoms with E-state index in [2.05, 4.69) is 24.5 Å². The van der Waals surface area contributed by atoms with Gasteiger partial charge in [0.25, 0.3) is 23.6 Å². The van der Waals surface area contributed by atoms with Gasteiger partial charge in [0.15, 0.2) is 0 Å². The van der Waals surface area contributed by atoms with Crippen molar-refractivity contribution in [3.63, 3.8) is 0 Å². The van der Waals surface area contributed by atoms with Gasteiger partial charge in [0.2, 0.25) is 23.6 Å². The van der Waals surface area contributed by atoms with Crippen molar-refractivity contribution in [3.8, 4) is 0 Å². The molecular weight excluding hydrogens is 989 g/mol. The molecular formula is C60H98N10O8. The lowest BCUT2D eigenvalue weighted by molar-refractivity contribution is -0.132.